The van der Waals surface area contributed by atoms with Crippen molar-refractivity contribution < 1.29 is 18.2 Å². The van der Waals surface area contributed by atoms with Crippen molar-refractivity contribution in [3.63, 3.8) is 0 Å². The molecule has 1 fully saturated rings. The van der Waals surface area contributed by atoms with E-state index in [-0.39, 0.29) is 4.70 Å². The first-order valence-electron chi connectivity index (χ1n) is 3.91. The molecular weight excluding hydrogens is 183 g/mol. The van der Waals surface area contributed by atoms with Crippen molar-refractivity contribution in [3.05, 3.63) is 12.4 Å². The smallest absolute Gasteiger partial charge is 0.212 e. The molecule has 0 aromatic rings. The van der Waals surface area contributed by atoms with Crippen LogP contribution in [0.3, 0.4) is 0 Å². The lowest BCUT2D eigenvalue weighted by molar-refractivity contribution is -0.0662. The van der Waals surface area contributed by atoms with Crippen LogP contribution in [-0.2, 0) is 4.74 Å². The molecule has 0 radical (unpaired) electrons. The highest BCUT2D eigenvalue weighted by Gasteiger charge is 2.36. The van der Waals surface area contributed by atoms with E-state index in [2.05, 4.69) is 6.58 Å². The maximum absolute atomic E-state index is 13.5. The van der Waals surface area contributed by atoms with Crippen LogP contribution in [0.25, 0.3) is 0 Å². The van der Waals surface area contributed by atoms with Gasteiger partial charge in [-0.25, -0.2) is 8.78 Å². The molecule has 5 heteroatoms. The van der Waals surface area contributed by atoms with E-state index in [0.29, 0.717) is 26.3 Å². The largest absolute Gasteiger partial charge is 0.379 e. The number of hydrogen-bond donors (Lipinski definition) is 0. The summed E-state index contributed by atoms with van der Waals surface area (Å²) in [4.78, 5) is 1.39. The molecule has 78 valence electrons. The standard InChI is InChI=1S/C8H13F2NO.FH/c1-7(9)8(2,10)11-3-5-12-6-4-11;/h1,3-6H2,2H3;1H. The van der Waals surface area contributed by atoms with Gasteiger partial charge in [-0.3, -0.25) is 9.60 Å². The fourth-order valence-corrected chi connectivity index (χ4v) is 1.15. The number of ether oxygens (including phenoxy) is 1. The van der Waals surface area contributed by atoms with E-state index < -0.39 is 11.6 Å². The molecule has 1 aliphatic heterocycles. The predicted octanol–water partition coefficient (Wildman–Crippen LogP) is 1.64. The van der Waals surface area contributed by atoms with E-state index in [4.69, 9.17) is 4.74 Å². The van der Waals surface area contributed by atoms with E-state index in [1.54, 1.807) is 0 Å². The van der Waals surface area contributed by atoms with Crippen molar-refractivity contribution in [2.45, 2.75) is 12.7 Å². The van der Waals surface area contributed by atoms with Gasteiger partial charge in [-0.05, 0) is 6.92 Å². The average Bonchev–Trinajstić information content (AvgIpc) is 2.06. The molecule has 0 aromatic heterocycles. The lowest BCUT2D eigenvalue weighted by atomic mass is 10.2. The second kappa shape index (κ2) is 4.62. The summed E-state index contributed by atoms with van der Waals surface area (Å²) in [5.41, 5.74) is 0. The minimum absolute atomic E-state index is 0. The number of halogens is 3. The molecule has 0 saturated carbocycles. The van der Waals surface area contributed by atoms with Gasteiger partial charge in [-0.2, -0.15) is 0 Å². The van der Waals surface area contributed by atoms with E-state index in [1.807, 2.05) is 0 Å². The lowest BCUT2D eigenvalue weighted by Gasteiger charge is -2.35. The zero-order chi connectivity index (χ0) is 9.19. The molecule has 1 heterocycles. The van der Waals surface area contributed by atoms with Crippen LogP contribution in [0.5, 0.6) is 0 Å². The Hall–Kier alpha value is -0.550. The van der Waals surface area contributed by atoms with Crippen LogP contribution in [0.15, 0.2) is 12.4 Å². The third-order valence-electron chi connectivity index (χ3n) is 2.10. The number of morpholine rings is 1. The lowest BCUT2D eigenvalue weighted by Crippen LogP contribution is -2.49. The molecule has 0 amide bonds. The Morgan fingerprint density at radius 2 is 1.92 bits per heavy atom. The summed E-state index contributed by atoms with van der Waals surface area (Å²) in [7, 11) is 0. The van der Waals surface area contributed by atoms with Crippen molar-refractivity contribution in [1.29, 1.82) is 0 Å². The number of alkyl halides is 1. The Morgan fingerprint density at radius 1 is 1.46 bits per heavy atom. The molecule has 1 unspecified atom stereocenters. The van der Waals surface area contributed by atoms with Gasteiger partial charge in [-0.1, -0.05) is 6.58 Å². The summed E-state index contributed by atoms with van der Waals surface area (Å²) in [6.07, 6.45) is 0. The molecule has 1 aliphatic rings. The maximum Gasteiger partial charge on any atom is 0.212 e. The molecule has 0 aromatic carbocycles. The Labute approximate surface area is 75.5 Å². The number of rotatable bonds is 2. The van der Waals surface area contributed by atoms with E-state index in [0.717, 1.165) is 0 Å². The van der Waals surface area contributed by atoms with Gasteiger partial charge in [0.1, 0.15) is 5.83 Å². The van der Waals surface area contributed by atoms with Gasteiger partial charge in [0.15, 0.2) is 0 Å². The van der Waals surface area contributed by atoms with Crippen LogP contribution in [0, 0.1) is 0 Å². The quantitative estimate of drug-likeness (QED) is 0.624. The number of hydrogen-bond acceptors (Lipinski definition) is 2. The third kappa shape index (κ3) is 2.70. The molecule has 0 aliphatic carbocycles. The first kappa shape index (κ1) is 12.4. The van der Waals surface area contributed by atoms with Gasteiger partial charge in [0.2, 0.25) is 5.79 Å². The second-order valence-corrected chi connectivity index (χ2v) is 2.96. The zero-order valence-electron chi connectivity index (χ0n) is 7.56. The number of nitrogens with zero attached hydrogens (tertiary/aromatic N) is 1. The third-order valence-corrected chi connectivity index (χ3v) is 2.10. The summed E-state index contributed by atoms with van der Waals surface area (Å²) in [5, 5.41) is 0. The van der Waals surface area contributed by atoms with Crippen LogP contribution in [-0.4, -0.2) is 37.0 Å². The molecule has 1 saturated heterocycles. The van der Waals surface area contributed by atoms with Crippen molar-refractivity contribution in [2.24, 2.45) is 0 Å². The van der Waals surface area contributed by atoms with Crippen molar-refractivity contribution in [1.82, 2.24) is 4.90 Å². The monoisotopic (exact) mass is 197 g/mol. The van der Waals surface area contributed by atoms with Crippen molar-refractivity contribution in [3.8, 4) is 0 Å². The minimum atomic E-state index is -2.04. The van der Waals surface area contributed by atoms with Gasteiger partial charge >= 0.3 is 0 Å². The maximum atomic E-state index is 13.5. The Morgan fingerprint density at radius 3 is 2.31 bits per heavy atom. The molecular formula is C8H14F3NO. The molecule has 1 atom stereocenters. The molecule has 2 nitrogen and oxygen atoms in total. The topological polar surface area (TPSA) is 12.5 Å². The molecule has 1 rings (SSSR count). The van der Waals surface area contributed by atoms with Crippen LogP contribution in [0.2, 0.25) is 0 Å². The van der Waals surface area contributed by atoms with Crippen molar-refractivity contribution >= 4 is 0 Å². The van der Waals surface area contributed by atoms with Crippen LogP contribution in [0.1, 0.15) is 6.92 Å². The molecule has 0 N–H and O–H groups in total. The van der Waals surface area contributed by atoms with Gasteiger partial charge in [0, 0.05) is 13.1 Å². The summed E-state index contributed by atoms with van der Waals surface area (Å²) in [6.45, 7) is 5.89. The van der Waals surface area contributed by atoms with Crippen LogP contribution >= 0.6 is 0 Å². The average molecular weight is 197 g/mol. The van der Waals surface area contributed by atoms with Crippen molar-refractivity contribution in [2.75, 3.05) is 26.3 Å². The molecule has 0 bridgehead atoms. The summed E-state index contributed by atoms with van der Waals surface area (Å²) in [5.74, 6) is -2.98. The second-order valence-electron chi connectivity index (χ2n) is 2.96. The van der Waals surface area contributed by atoms with E-state index >= 15 is 0 Å². The van der Waals surface area contributed by atoms with Gasteiger partial charge < -0.3 is 4.74 Å². The Kier molecular flexibility index (Phi) is 4.43. The molecule has 13 heavy (non-hydrogen) atoms. The molecule has 0 spiro atoms. The highest BCUT2D eigenvalue weighted by molar-refractivity contribution is 5.01. The van der Waals surface area contributed by atoms with Gasteiger partial charge in [0.25, 0.3) is 0 Å². The van der Waals surface area contributed by atoms with Crippen LogP contribution in [0.4, 0.5) is 13.5 Å². The SMILES string of the molecule is C=C(F)C(C)(F)N1CCOCC1.F. The normalized spacial score (nSPS) is 23.0. The van der Waals surface area contributed by atoms with E-state index in [1.165, 1.54) is 11.8 Å². The van der Waals surface area contributed by atoms with Crippen LogP contribution < -0.4 is 0 Å². The van der Waals surface area contributed by atoms with Gasteiger partial charge in [0.05, 0.1) is 13.2 Å². The minimum Gasteiger partial charge on any atom is -0.379 e. The Balaban J connectivity index is 0.00000144. The van der Waals surface area contributed by atoms with Gasteiger partial charge in [-0.15, -0.1) is 0 Å². The fraction of sp³-hybridized carbons (Fsp3) is 0.750. The fourth-order valence-electron chi connectivity index (χ4n) is 1.15. The summed E-state index contributed by atoms with van der Waals surface area (Å²) < 4.78 is 31.1. The zero-order valence-corrected chi connectivity index (χ0v) is 7.56. The predicted molar refractivity (Wildman–Crippen MR) is 44.7 cm³/mol. The highest BCUT2D eigenvalue weighted by Crippen LogP contribution is 2.26. The first-order chi connectivity index (χ1) is 5.55. The Bertz CT molecular complexity index is 178. The van der Waals surface area contributed by atoms with E-state index in [9.17, 15) is 8.78 Å². The summed E-state index contributed by atoms with van der Waals surface area (Å²) in [6, 6.07) is 0. The first-order valence-corrected chi connectivity index (χ1v) is 3.91. The highest BCUT2D eigenvalue weighted by atomic mass is 19.2. The summed E-state index contributed by atoms with van der Waals surface area (Å²) >= 11 is 0.